The Balaban J connectivity index is 1.71. The summed E-state index contributed by atoms with van der Waals surface area (Å²) in [7, 11) is 4.94. The number of esters is 1. The van der Waals surface area contributed by atoms with Gasteiger partial charge in [-0.2, -0.15) is 0 Å². The van der Waals surface area contributed by atoms with Crippen molar-refractivity contribution in [1.82, 2.24) is 4.90 Å². The van der Waals surface area contributed by atoms with Crippen molar-refractivity contribution < 1.29 is 23.8 Å². The van der Waals surface area contributed by atoms with Gasteiger partial charge in [0.15, 0.2) is 6.61 Å². The Labute approximate surface area is 170 Å². The summed E-state index contributed by atoms with van der Waals surface area (Å²) < 4.78 is 16.1. The van der Waals surface area contributed by atoms with E-state index in [1.807, 2.05) is 24.3 Å². The van der Waals surface area contributed by atoms with Crippen LogP contribution in [0.15, 0.2) is 42.5 Å². The molecular formula is C22H26N2O5. The van der Waals surface area contributed by atoms with Crippen molar-refractivity contribution in [3.8, 4) is 11.5 Å². The van der Waals surface area contributed by atoms with Gasteiger partial charge in [0.05, 0.1) is 25.8 Å². The molecule has 0 aliphatic carbocycles. The third kappa shape index (κ3) is 4.45. The fraction of sp³-hybridized carbons (Fsp3) is 0.364. The highest BCUT2D eigenvalue weighted by atomic mass is 16.5. The Kier molecular flexibility index (Phi) is 6.59. The zero-order valence-corrected chi connectivity index (χ0v) is 16.9. The molecule has 1 N–H and O–H groups in total. The molecule has 2 aromatic carbocycles. The summed E-state index contributed by atoms with van der Waals surface area (Å²) in [6.45, 7) is 0.300. The van der Waals surface area contributed by atoms with Gasteiger partial charge in [-0.3, -0.25) is 4.79 Å². The van der Waals surface area contributed by atoms with E-state index in [9.17, 15) is 9.59 Å². The van der Waals surface area contributed by atoms with E-state index in [-0.39, 0.29) is 18.6 Å². The second kappa shape index (κ2) is 9.32. The summed E-state index contributed by atoms with van der Waals surface area (Å²) in [5.41, 5.74) is 1.95. The number of nitrogens with zero attached hydrogens (tertiary/aromatic N) is 1. The summed E-state index contributed by atoms with van der Waals surface area (Å²) in [6, 6.07) is 12.4. The smallest absolute Gasteiger partial charge is 0.340 e. The number of likely N-dealkylation sites (tertiary alicyclic amines) is 1. The fourth-order valence-corrected chi connectivity index (χ4v) is 3.66. The van der Waals surface area contributed by atoms with Gasteiger partial charge in [-0.1, -0.05) is 12.1 Å². The van der Waals surface area contributed by atoms with Crippen molar-refractivity contribution in [2.45, 2.75) is 18.9 Å². The molecule has 1 aliphatic rings. The first-order chi connectivity index (χ1) is 14.1. The number of amides is 1. The molecule has 7 heteroatoms. The van der Waals surface area contributed by atoms with Crippen molar-refractivity contribution in [2.24, 2.45) is 0 Å². The lowest BCUT2D eigenvalue weighted by Crippen LogP contribution is -2.34. The minimum Gasteiger partial charge on any atom is -0.497 e. The maximum absolute atomic E-state index is 12.8. The minimum absolute atomic E-state index is 0.143. The van der Waals surface area contributed by atoms with Gasteiger partial charge in [-0.25, -0.2) is 4.79 Å². The molecule has 1 amide bonds. The molecule has 2 aromatic rings. The van der Waals surface area contributed by atoms with Crippen molar-refractivity contribution in [3.05, 3.63) is 53.6 Å². The fourth-order valence-electron chi connectivity index (χ4n) is 3.66. The molecule has 0 radical (unpaired) electrons. The van der Waals surface area contributed by atoms with Crippen LogP contribution in [0.25, 0.3) is 0 Å². The number of hydrogen-bond acceptors (Lipinski definition) is 6. The van der Waals surface area contributed by atoms with Crippen LogP contribution in [0.3, 0.4) is 0 Å². The zero-order chi connectivity index (χ0) is 20.8. The highest BCUT2D eigenvalue weighted by Gasteiger charge is 2.32. The van der Waals surface area contributed by atoms with E-state index in [4.69, 9.17) is 14.2 Å². The van der Waals surface area contributed by atoms with E-state index in [0.717, 1.165) is 18.4 Å². The van der Waals surface area contributed by atoms with E-state index in [0.29, 0.717) is 29.3 Å². The second-order valence-corrected chi connectivity index (χ2v) is 6.72. The summed E-state index contributed by atoms with van der Waals surface area (Å²) >= 11 is 0. The van der Waals surface area contributed by atoms with Gasteiger partial charge >= 0.3 is 5.97 Å². The monoisotopic (exact) mass is 398 g/mol. The lowest BCUT2D eigenvalue weighted by molar-refractivity contribution is -0.135. The van der Waals surface area contributed by atoms with Gasteiger partial charge in [-0.15, -0.1) is 0 Å². The Morgan fingerprint density at radius 2 is 1.93 bits per heavy atom. The Hall–Kier alpha value is -3.22. The molecule has 0 saturated carbocycles. The van der Waals surface area contributed by atoms with Gasteiger partial charge in [0, 0.05) is 24.8 Å². The number of carbonyl (C=O) groups excluding carboxylic acids is 2. The van der Waals surface area contributed by atoms with Crippen LogP contribution in [0.5, 0.6) is 11.5 Å². The summed E-state index contributed by atoms with van der Waals surface area (Å²) in [5.74, 6) is 0.649. The highest BCUT2D eigenvalue weighted by molar-refractivity contribution is 5.96. The van der Waals surface area contributed by atoms with Crippen LogP contribution in [0.1, 0.15) is 34.8 Å². The van der Waals surface area contributed by atoms with Crippen molar-refractivity contribution in [2.75, 3.05) is 39.7 Å². The third-order valence-electron chi connectivity index (χ3n) is 5.11. The predicted molar refractivity (Wildman–Crippen MR) is 110 cm³/mol. The van der Waals surface area contributed by atoms with Crippen molar-refractivity contribution in [3.63, 3.8) is 0 Å². The number of anilines is 1. The van der Waals surface area contributed by atoms with Crippen molar-refractivity contribution >= 4 is 17.6 Å². The molecule has 0 bridgehead atoms. The summed E-state index contributed by atoms with van der Waals surface area (Å²) in [6.07, 6.45) is 1.68. The minimum atomic E-state index is -0.530. The van der Waals surface area contributed by atoms with E-state index < -0.39 is 5.97 Å². The SMILES string of the molecule is CNc1ccccc1C(=O)OCC(=O)N1CCC[C@H]1c1cc(OC)ccc1OC. The van der Waals surface area contributed by atoms with E-state index in [1.165, 1.54) is 0 Å². The Morgan fingerprint density at radius 1 is 1.14 bits per heavy atom. The van der Waals surface area contributed by atoms with Crippen molar-refractivity contribution in [1.29, 1.82) is 0 Å². The Bertz CT molecular complexity index is 883. The number of methoxy groups -OCH3 is 2. The number of carbonyl (C=O) groups is 2. The molecule has 7 nitrogen and oxygen atoms in total. The molecular weight excluding hydrogens is 372 g/mol. The standard InChI is InChI=1S/C22H26N2O5/c1-23-18-8-5-4-7-16(18)22(26)29-14-21(25)24-12-6-9-19(24)17-13-15(27-2)10-11-20(17)28-3/h4-5,7-8,10-11,13,19,23H,6,9,12,14H2,1-3H3/t19-/m0/s1. The van der Waals surface area contributed by atoms with Crippen LogP contribution in [-0.4, -0.2) is 51.2 Å². The first-order valence-corrected chi connectivity index (χ1v) is 9.54. The maximum atomic E-state index is 12.8. The number of rotatable bonds is 7. The van der Waals surface area contributed by atoms with Gasteiger partial charge in [0.2, 0.25) is 0 Å². The molecule has 3 rings (SSSR count). The molecule has 0 unspecified atom stereocenters. The first kappa shape index (κ1) is 20.5. The lowest BCUT2D eigenvalue weighted by atomic mass is 10.0. The normalized spacial score (nSPS) is 15.7. The maximum Gasteiger partial charge on any atom is 0.340 e. The number of para-hydroxylation sites is 1. The van der Waals surface area contributed by atoms with Gasteiger partial charge < -0.3 is 24.4 Å². The predicted octanol–water partition coefficient (Wildman–Crippen LogP) is 3.27. The topological polar surface area (TPSA) is 77.1 Å². The highest BCUT2D eigenvalue weighted by Crippen LogP contribution is 2.38. The average molecular weight is 398 g/mol. The quantitative estimate of drug-likeness (QED) is 0.722. The molecule has 1 heterocycles. The van der Waals surface area contributed by atoms with Crippen LogP contribution < -0.4 is 14.8 Å². The molecule has 0 aromatic heterocycles. The molecule has 0 spiro atoms. The number of nitrogens with one attached hydrogen (secondary N) is 1. The van der Waals surface area contributed by atoms with Gasteiger partial charge in [0.25, 0.3) is 5.91 Å². The van der Waals surface area contributed by atoms with Gasteiger partial charge in [0.1, 0.15) is 11.5 Å². The van der Waals surface area contributed by atoms with Gasteiger partial charge in [-0.05, 0) is 43.2 Å². The van der Waals surface area contributed by atoms with Crippen LogP contribution in [0.4, 0.5) is 5.69 Å². The third-order valence-corrected chi connectivity index (χ3v) is 5.11. The molecule has 1 saturated heterocycles. The van der Waals surface area contributed by atoms with E-state index in [1.54, 1.807) is 44.4 Å². The molecule has 1 fully saturated rings. The van der Waals surface area contributed by atoms with E-state index >= 15 is 0 Å². The summed E-state index contributed by atoms with van der Waals surface area (Å²) in [5, 5.41) is 2.95. The molecule has 1 atom stereocenters. The van der Waals surface area contributed by atoms with Crippen LogP contribution >= 0.6 is 0 Å². The number of ether oxygens (including phenoxy) is 3. The first-order valence-electron chi connectivity index (χ1n) is 9.54. The molecule has 29 heavy (non-hydrogen) atoms. The zero-order valence-electron chi connectivity index (χ0n) is 16.9. The number of hydrogen-bond donors (Lipinski definition) is 1. The summed E-state index contributed by atoms with van der Waals surface area (Å²) in [4.78, 5) is 27.0. The van der Waals surface area contributed by atoms with Crippen LogP contribution in [0.2, 0.25) is 0 Å². The van der Waals surface area contributed by atoms with Crippen LogP contribution in [0, 0.1) is 0 Å². The Morgan fingerprint density at radius 3 is 2.66 bits per heavy atom. The van der Waals surface area contributed by atoms with Crippen LogP contribution in [-0.2, 0) is 9.53 Å². The lowest BCUT2D eigenvalue weighted by Gasteiger charge is -2.26. The van der Waals surface area contributed by atoms with E-state index in [2.05, 4.69) is 5.32 Å². The average Bonchev–Trinajstić information content (AvgIpc) is 3.26. The second-order valence-electron chi connectivity index (χ2n) is 6.72. The largest absolute Gasteiger partial charge is 0.497 e. The molecule has 1 aliphatic heterocycles. The molecule has 154 valence electrons. The number of benzene rings is 2.